The third-order valence-electron chi connectivity index (χ3n) is 4.04. The van der Waals surface area contributed by atoms with Crippen LogP contribution in [0.2, 0.25) is 0 Å². The average molecular weight is 377 g/mol. The van der Waals surface area contributed by atoms with Crippen molar-refractivity contribution in [1.82, 2.24) is 20.4 Å². The van der Waals surface area contributed by atoms with Crippen molar-refractivity contribution >= 4 is 30.7 Å². The maximum Gasteiger partial charge on any atom is 0.241 e. The highest BCUT2D eigenvalue weighted by molar-refractivity contribution is 5.85. The number of hydrogen-bond donors (Lipinski definition) is 2. The summed E-state index contributed by atoms with van der Waals surface area (Å²) in [7, 11) is 3.88. The number of hydrogen-bond acceptors (Lipinski definition) is 4. The van der Waals surface area contributed by atoms with Gasteiger partial charge in [-0.25, -0.2) is 0 Å². The van der Waals surface area contributed by atoms with Crippen LogP contribution in [-0.2, 0) is 4.79 Å². The molecule has 1 amide bonds. The van der Waals surface area contributed by atoms with E-state index in [-0.39, 0.29) is 36.8 Å². The predicted octanol–water partition coefficient (Wildman–Crippen LogP) is 1.54. The van der Waals surface area contributed by atoms with E-state index in [1.807, 2.05) is 49.3 Å². The van der Waals surface area contributed by atoms with Crippen LogP contribution in [0.3, 0.4) is 0 Å². The number of rotatable bonds is 7. The molecule has 1 aromatic rings. The summed E-state index contributed by atoms with van der Waals surface area (Å²) in [6.07, 6.45) is 1.00. The number of piperazine rings is 1. The SMILES string of the molecule is CN(C)C(C(=O)NCCCN1CCNCC1)c1ccccc1.Cl.Cl. The van der Waals surface area contributed by atoms with Crippen molar-refractivity contribution in [3.63, 3.8) is 0 Å². The van der Waals surface area contributed by atoms with Crippen molar-refractivity contribution in [3.05, 3.63) is 35.9 Å². The first-order valence-electron chi connectivity index (χ1n) is 8.10. The minimum absolute atomic E-state index is 0. The van der Waals surface area contributed by atoms with Gasteiger partial charge < -0.3 is 15.5 Å². The van der Waals surface area contributed by atoms with Crippen molar-refractivity contribution in [2.75, 3.05) is 53.4 Å². The molecule has 1 atom stereocenters. The van der Waals surface area contributed by atoms with Gasteiger partial charge in [0.2, 0.25) is 5.91 Å². The number of carbonyl (C=O) groups is 1. The quantitative estimate of drug-likeness (QED) is 0.708. The lowest BCUT2D eigenvalue weighted by Gasteiger charge is -2.27. The van der Waals surface area contributed by atoms with E-state index in [2.05, 4.69) is 15.5 Å². The normalized spacial score (nSPS) is 16.0. The monoisotopic (exact) mass is 376 g/mol. The van der Waals surface area contributed by atoms with Gasteiger partial charge in [0.15, 0.2) is 0 Å². The molecule has 2 rings (SSSR count). The Morgan fingerprint density at radius 2 is 1.83 bits per heavy atom. The molecule has 2 N–H and O–H groups in total. The first-order chi connectivity index (χ1) is 10.7. The number of nitrogens with zero attached hydrogens (tertiary/aromatic N) is 2. The van der Waals surface area contributed by atoms with Crippen LogP contribution >= 0.6 is 24.8 Å². The Balaban J connectivity index is 0.00000264. The van der Waals surface area contributed by atoms with Gasteiger partial charge in [0.25, 0.3) is 0 Å². The molecule has 138 valence electrons. The van der Waals surface area contributed by atoms with Crippen LogP contribution in [0.1, 0.15) is 18.0 Å². The molecule has 0 saturated carbocycles. The number of carbonyl (C=O) groups excluding carboxylic acids is 1. The maximum atomic E-state index is 12.5. The first-order valence-corrected chi connectivity index (χ1v) is 8.10. The second-order valence-electron chi connectivity index (χ2n) is 6.01. The minimum Gasteiger partial charge on any atom is -0.354 e. The second-order valence-corrected chi connectivity index (χ2v) is 6.01. The molecule has 7 heteroatoms. The average Bonchev–Trinajstić information content (AvgIpc) is 2.53. The molecule has 1 heterocycles. The number of likely N-dealkylation sites (N-methyl/N-ethyl adjacent to an activating group) is 1. The third kappa shape index (κ3) is 7.36. The van der Waals surface area contributed by atoms with E-state index < -0.39 is 0 Å². The van der Waals surface area contributed by atoms with E-state index in [9.17, 15) is 4.79 Å². The Bertz CT molecular complexity index is 453. The van der Waals surface area contributed by atoms with Crippen LogP contribution in [0.5, 0.6) is 0 Å². The van der Waals surface area contributed by atoms with Gasteiger partial charge in [-0.1, -0.05) is 30.3 Å². The topological polar surface area (TPSA) is 47.6 Å². The van der Waals surface area contributed by atoms with Crippen LogP contribution in [-0.4, -0.2) is 69.1 Å². The standard InChI is InChI=1S/C17H28N4O.2ClH/c1-20(2)16(15-7-4-3-5-8-15)17(22)19-9-6-12-21-13-10-18-11-14-21;;/h3-5,7-8,16,18H,6,9-14H2,1-2H3,(H,19,22);2*1H. The third-order valence-corrected chi connectivity index (χ3v) is 4.04. The fraction of sp³-hybridized carbons (Fsp3) is 0.588. The predicted molar refractivity (Wildman–Crippen MR) is 104 cm³/mol. The van der Waals surface area contributed by atoms with Gasteiger partial charge in [0.1, 0.15) is 6.04 Å². The van der Waals surface area contributed by atoms with Crippen molar-refractivity contribution in [1.29, 1.82) is 0 Å². The zero-order valence-corrected chi connectivity index (χ0v) is 16.2. The Morgan fingerprint density at radius 3 is 2.42 bits per heavy atom. The Hall–Kier alpha value is -0.850. The molecule has 0 aliphatic carbocycles. The second kappa shape index (κ2) is 12.5. The molecule has 1 aliphatic rings. The van der Waals surface area contributed by atoms with Gasteiger partial charge in [-0.05, 0) is 32.6 Å². The highest BCUT2D eigenvalue weighted by Gasteiger charge is 2.22. The molecule has 0 radical (unpaired) electrons. The van der Waals surface area contributed by atoms with E-state index in [1.165, 1.54) is 0 Å². The Morgan fingerprint density at radius 1 is 1.21 bits per heavy atom. The van der Waals surface area contributed by atoms with E-state index in [0.717, 1.165) is 51.3 Å². The molecule has 0 bridgehead atoms. The Kier molecular flexibility index (Phi) is 12.1. The highest BCUT2D eigenvalue weighted by atomic mass is 35.5. The summed E-state index contributed by atoms with van der Waals surface area (Å²) in [6.45, 7) is 6.16. The summed E-state index contributed by atoms with van der Waals surface area (Å²) >= 11 is 0. The molecule has 1 aromatic carbocycles. The maximum absolute atomic E-state index is 12.5. The summed E-state index contributed by atoms with van der Waals surface area (Å²) in [5.74, 6) is 0.0801. The van der Waals surface area contributed by atoms with Gasteiger partial charge >= 0.3 is 0 Å². The van der Waals surface area contributed by atoms with Crippen molar-refractivity contribution < 1.29 is 4.79 Å². The highest BCUT2D eigenvalue weighted by Crippen LogP contribution is 2.17. The van der Waals surface area contributed by atoms with E-state index in [1.54, 1.807) is 0 Å². The summed E-state index contributed by atoms with van der Waals surface area (Å²) in [6, 6.07) is 9.71. The van der Waals surface area contributed by atoms with Crippen molar-refractivity contribution in [3.8, 4) is 0 Å². The zero-order valence-electron chi connectivity index (χ0n) is 14.5. The Labute approximate surface area is 158 Å². The van der Waals surface area contributed by atoms with E-state index >= 15 is 0 Å². The lowest BCUT2D eigenvalue weighted by Crippen LogP contribution is -2.44. The van der Waals surface area contributed by atoms with Gasteiger partial charge in [-0.2, -0.15) is 0 Å². The van der Waals surface area contributed by atoms with Gasteiger partial charge in [0, 0.05) is 32.7 Å². The van der Waals surface area contributed by atoms with E-state index in [4.69, 9.17) is 0 Å². The molecular formula is C17H30Cl2N4O. The molecule has 1 aliphatic heterocycles. The van der Waals surface area contributed by atoms with Crippen molar-refractivity contribution in [2.45, 2.75) is 12.5 Å². The fourth-order valence-electron chi connectivity index (χ4n) is 2.87. The lowest BCUT2D eigenvalue weighted by atomic mass is 10.1. The minimum atomic E-state index is -0.222. The number of nitrogens with one attached hydrogen (secondary N) is 2. The number of amides is 1. The van der Waals surface area contributed by atoms with Crippen LogP contribution in [0.25, 0.3) is 0 Å². The van der Waals surface area contributed by atoms with Gasteiger partial charge in [0.05, 0.1) is 0 Å². The zero-order chi connectivity index (χ0) is 15.8. The van der Waals surface area contributed by atoms with Crippen LogP contribution < -0.4 is 10.6 Å². The smallest absolute Gasteiger partial charge is 0.241 e. The molecule has 0 spiro atoms. The van der Waals surface area contributed by atoms with Gasteiger partial charge in [-0.15, -0.1) is 24.8 Å². The van der Waals surface area contributed by atoms with Crippen molar-refractivity contribution in [2.24, 2.45) is 0 Å². The fourth-order valence-corrected chi connectivity index (χ4v) is 2.87. The van der Waals surface area contributed by atoms with Crippen LogP contribution in [0.15, 0.2) is 30.3 Å². The summed E-state index contributed by atoms with van der Waals surface area (Å²) in [5, 5.41) is 6.43. The molecule has 1 fully saturated rings. The largest absolute Gasteiger partial charge is 0.354 e. The van der Waals surface area contributed by atoms with Crippen LogP contribution in [0, 0.1) is 0 Å². The molecule has 1 unspecified atom stereocenters. The summed E-state index contributed by atoms with van der Waals surface area (Å²) in [5.41, 5.74) is 1.03. The first kappa shape index (κ1) is 23.1. The molecule has 24 heavy (non-hydrogen) atoms. The lowest BCUT2D eigenvalue weighted by molar-refractivity contribution is -0.125. The molecule has 1 saturated heterocycles. The molecule has 0 aromatic heterocycles. The summed E-state index contributed by atoms with van der Waals surface area (Å²) < 4.78 is 0. The summed E-state index contributed by atoms with van der Waals surface area (Å²) in [4.78, 5) is 16.9. The number of benzene rings is 1. The number of halogens is 2. The van der Waals surface area contributed by atoms with Gasteiger partial charge in [-0.3, -0.25) is 9.69 Å². The van der Waals surface area contributed by atoms with Crippen LogP contribution in [0.4, 0.5) is 0 Å². The molecule has 5 nitrogen and oxygen atoms in total. The molecular weight excluding hydrogens is 347 g/mol. The van der Waals surface area contributed by atoms with E-state index in [0.29, 0.717) is 0 Å².